The van der Waals surface area contributed by atoms with Crippen LogP contribution in [0.1, 0.15) is 31.8 Å². The van der Waals surface area contributed by atoms with E-state index < -0.39 is 0 Å². The van der Waals surface area contributed by atoms with Crippen molar-refractivity contribution in [3.63, 3.8) is 0 Å². The van der Waals surface area contributed by atoms with Crippen molar-refractivity contribution in [1.29, 1.82) is 0 Å². The highest BCUT2D eigenvalue weighted by Crippen LogP contribution is 2.35. The lowest BCUT2D eigenvalue weighted by Gasteiger charge is -2.08. The SMILES string of the molecule is COC(=O)c1ccc(COc2ccc3c(c2)O/C(=C/c2ccc(OC)cc2)C3=O)cc1. The second-order valence-corrected chi connectivity index (χ2v) is 6.85. The first-order chi connectivity index (χ1) is 15.1. The third-order valence-electron chi connectivity index (χ3n) is 4.84. The zero-order valence-corrected chi connectivity index (χ0v) is 17.1. The number of methoxy groups -OCH3 is 2. The average molecular weight is 416 g/mol. The number of rotatable bonds is 6. The maximum atomic E-state index is 12.6. The molecule has 3 aromatic rings. The third-order valence-corrected chi connectivity index (χ3v) is 4.84. The molecule has 0 saturated heterocycles. The molecule has 6 heteroatoms. The second kappa shape index (κ2) is 8.75. The molecule has 31 heavy (non-hydrogen) atoms. The van der Waals surface area contributed by atoms with Crippen LogP contribution in [0, 0.1) is 0 Å². The van der Waals surface area contributed by atoms with Gasteiger partial charge in [-0.2, -0.15) is 0 Å². The molecule has 0 spiro atoms. The number of carbonyl (C=O) groups is 2. The standard InChI is InChI=1S/C25H20O6/c1-28-19-9-5-16(6-10-19)13-23-24(26)21-12-11-20(14-22(21)31-23)30-15-17-3-7-18(8-4-17)25(27)29-2/h3-14H,15H2,1-2H3/b23-13+. The molecule has 0 bridgehead atoms. The first kappa shape index (κ1) is 20.2. The van der Waals surface area contributed by atoms with Crippen LogP contribution in [-0.2, 0) is 11.3 Å². The number of hydrogen-bond donors (Lipinski definition) is 0. The van der Waals surface area contributed by atoms with Crippen LogP contribution in [0.25, 0.3) is 6.08 Å². The van der Waals surface area contributed by atoms with Gasteiger partial charge in [-0.15, -0.1) is 0 Å². The maximum absolute atomic E-state index is 12.6. The Morgan fingerprint density at radius 1 is 0.935 bits per heavy atom. The van der Waals surface area contributed by atoms with E-state index in [-0.39, 0.29) is 17.5 Å². The van der Waals surface area contributed by atoms with Crippen LogP contribution in [0.2, 0.25) is 0 Å². The van der Waals surface area contributed by atoms with Crippen molar-refractivity contribution in [3.8, 4) is 17.2 Å². The van der Waals surface area contributed by atoms with E-state index in [9.17, 15) is 9.59 Å². The van der Waals surface area contributed by atoms with Crippen LogP contribution in [0.5, 0.6) is 17.2 Å². The number of allylic oxidation sites excluding steroid dienone is 1. The largest absolute Gasteiger partial charge is 0.497 e. The zero-order valence-electron chi connectivity index (χ0n) is 17.1. The Morgan fingerprint density at radius 2 is 1.65 bits per heavy atom. The van der Waals surface area contributed by atoms with Crippen molar-refractivity contribution in [2.24, 2.45) is 0 Å². The Labute approximate surface area is 179 Å². The summed E-state index contributed by atoms with van der Waals surface area (Å²) in [6, 6.07) is 19.5. The zero-order chi connectivity index (χ0) is 21.8. The molecule has 1 heterocycles. The fourth-order valence-corrected chi connectivity index (χ4v) is 3.13. The Bertz CT molecular complexity index is 1140. The minimum Gasteiger partial charge on any atom is -0.497 e. The molecule has 0 unspecified atom stereocenters. The van der Waals surface area contributed by atoms with E-state index in [1.165, 1.54) is 7.11 Å². The van der Waals surface area contributed by atoms with Gasteiger partial charge in [0, 0.05) is 6.07 Å². The number of carbonyl (C=O) groups excluding carboxylic acids is 2. The van der Waals surface area contributed by atoms with Gasteiger partial charge in [0.05, 0.1) is 25.3 Å². The van der Waals surface area contributed by atoms with Gasteiger partial charge in [-0.3, -0.25) is 4.79 Å². The Balaban J connectivity index is 1.44. The molecule has 6 nitrogen and oxygen atoms in total. The molecule has 156 valence electrons. The molecular formula is C25H20O6. The van der Waals surface area contributed by atoms with Crippen LogP contribution in [0.4, 0.5) is 0 Å². The summed E-state index contributed by atoms with van der Waals surface area (Å²) in [7, 11) is 2.95. The predicted octanol–water partition coefficient (Wildman–Crippen LogP) is 4.68. The normalized spacial score (nSPS) is 13.5. The number of esters is 1. The van der Waals surface area contributed by atoms with Gasteiger partial charge in [-0.1, -0.05) is 24.3 Å². The molecule has 0 aliphatic carbocycles. The van der Waals surface area contributed by atoms with Gasteiger partial charge in [0.15, 0.2) is 5.76 Å². The molecule has 0 aromatic heterocycles. The lowest BCUT2D eigenvalue weighted by molar-refractivity contribution is 0.0600. The number of ketones is 1. The van der Waals surface area contributed by atoms with Crippen LogP contribution in [0.3, 0.4) is 0 Å². The highest BCUT2D eigenvalue weighted by atomic mass is 16.5. The quantitative estimate of drug-likeness (QED) is 0.429. The first-order valence-electron chi connectivity index (χ1n) is 9.60. The van der Waals surface area contributed by atoms with Gasteiger partial charge < -0.3 is 18.9 Å². The van der Waals surface area contributed by atoms with Gasteiger partial charge in [-0.25, -0.2) is 4.79 Å². The number of ether oxygens (including phenoxy) is 4. The van der Waals surface area contributed by atoms with Crippen molar-refractivity contribution < 1.29 is 28.5 Å². The van der Waals surface area contributed by atoms with Crippen LogP contribution < -0.4 is 14.2 Å². The highest BCUT2D eigenvalue weighted by Gasteiger charge is 2.27. The molecule has 0 amide bonds. The van der Waals surface area contributed by atoms with Crippen molar-refractivity contribution in [1.82, 2.24) is 0 Å². The molecule has 0 saturated carbocycles. The Hall–Kier alpha value is -4.06. The summed E-state index contributed by atoms with van der Waals surface area (Å²) in [6.45, 7) is 0.308. The first-order valence-corrected chi connectivity index (χ1v) is 9.60. The smallest absolute Gasteiger partial charge is 0.337 e. The summed E-state index contributed by atoms with van der Waals surface area (Å²) >= 11 is 0. The summed E-state index contributed by atoms with van der Waals surface area (Å²) in [5, 5.41) is 0. The summed E-state index contributed by atoms with van der Waals surface area (Å²) in [5.74, 6) is 1.49. The molecule has 0 radical (unpaired) electrons. The number of Topliss-reactive ketones (excluding diaryl/α,β-unsaturated/α-hetero) is 1. The summed E-state index contributed by atoms with van der Waals surface area (Å²) in [4.78, 5) is 24.1. The molecular weight excluding hydrogens is 396 g/mol. The van der Waals surface area contributed by atoms with E-state index >= 15 is 0 Å². The van der Waals surface area contributed by atoms with Gasteiger partial charge in [-0.05, 0) is 53.6 Å². The van der Waals surface area contributed by atoms with E-state index in [0.29, 0.717) is 29.2 Å². The molecule has 4 rings (SSSR count). The van der Waals surface area contributed by atoms with Crippen molar-refractivity contribution in [2.45, 2.75) is 6.61 Å². The fourth-order valence-electron chi connectivity index (χ4n) is 3.13. The topological polar surface area (TPSA) is 71.1 Å². The van der Waals surface area contributed by atoms with Crippen molar-refractivity contribution in [2.75, 3.05) is 14.2 Å². The van der Waals surface area contributed by atoms with E-state index in [1.54, 1.807) is 55.7 Å². The van der Waals surface area contributed by atoms with E-state index in [2.05, 4.69) is 0 Å². The van der Waals surface area contributed by atoms with Crippen LogP contribution in [0.15, 0.2) is 72.5 Å². The number of fused-ring (bicyclic) bond motifs is 1. The van der Waals surface area contributed by atoms with Gasteiger partial charge in [0.2, 0.25) is 5.78 Å². The van der Waals surface area contributed by atoms with Crippen molar-refractivity contribution in [3.05, 3.63) is 94.7 Å². The second-order valence-electron chi connectivity index (χ2n) is 6.85. The summed E-state index contributed by atoms with van der Waals surface area (Å²) < 4.78 is 21.4. The van der Waals surface area contributed by atoms with Gasteiger partial charge in [0.1, 0.15) is 23.9 Å². The summed E-state index contributed by atoms with van der Waals surface area (Å²) in [5.41, 5.74) is 2.70. The minimum atomic E-state index is -0.383. The maximum Gasteiger partial charge on any atom is 0.337 e. The monoisotopic (exact) mass is 416 g/mol. The molecule has 1 aliphatic rings. The minimum absolute atomic E-state index is 0.171. The molecule has 0 fully saturated rings. The van der Waals surface area contributed by atoms with E-state index in [1.807, 2.05) is 24.3 Å². The number of benzene rings is 3. The summed E-state index contributed by atoms with van der Waals surface area (Å²) in [6.07, 6.45) is 1.70. The fraction of sp³-hybridized carbons (Fsp3) is 0.120. The Morgan fingerprint density at radius 3 is 2.32 bits per heavy atom. The highest BCUT2D eigenvalue weighted by molar-refractivity contribution is 6.14. The van der Waals surface area contributed by atoms with E-state index in [0.717, 1.165) is 16.9 Å². The van der Waals surface area contributed by atoms with Crippen LogP contribution >= 0.6 is 0 Å². The molecule has 0 atom stereocenters. The molecule has 0 N–H and O–H groups in total. The lowest BCUT2D eigenvalue weighted by Crippen LogP contribution is -2.02. The van der Waals surface area contributed by atoms with Crippen LogP contribution in [-0.4, -0.2) is 26.0 Å². The predicted molar refractivity (Wildman–Crippen MR) is 114 cm³/mol. The van der Waals surface area contributed by atoms with Gasteiger partial charge in [0.25, 0.3) is 0 Å². The lowest BCUT2D eigenvalue weighted by atomic mass is 10.1. The Kier molecular flexibility index (Phi) is 5.71. The number of hydrogen-bond acceptors (Lipinski definition) is 6. The molecule has 3 aromatic carbocycles. The van der Waals surface area contributed by atoms with Crippen molar-refractivity contribution >= 4 is 17.8 Å². The average Bonchev–Trinajstić information content (AvgIpc) is 3.12. The molecule has 1 aliphatic heterocycles. The van der Waals surface area contributed by atoms with Gasteiger partial charge >= 0.3 is 5.97 Å². The third kappa shape index (κ3) is 4.43. The van der Waals surface area contributed by atoms with E-state index in [4.69, 9.17) is 18.9 Å².